The number of hydrogen-bond acceptors (Lipinski definition) is 5. The van der Waals surface area contributed by atoms with Crippen LogP contribution in [0.4, 0.5) is 8.78 Å². The van der Waals surface area contributed by atoms with E-state index in [9.17, 15) is 13.6 Å². The van der Waals surface area contributed by atoms with Crippen molar-refractivity contribution in [2.45, 2.75) is 13.0 Å². The lowest BCUT2D eigenvalue weighted by molar-refractivity contribution is 0.0946. The van der Waals surface area contributed by atoms with Gasteiger partial charge >= 0.3 is 6.01 Å². The van der Waals surface area contributed by atoms with E-state index in [1.54, 1.807) is 18.2 Å². The lowest BCUT2D eigenvalue weighted by Crippen LogP contribution is -2.31. The maximum absolute atomic E-state index is 13.8. The molecule has 0 fully saturated rings. The molecule has 0 unspecified atom stereocenters. The number of imidazole rings is 1. The van der Waals surface area contributed by atoms with Crippen molar-refractivity contribution < 1.29 is 23.0 Å². The molecular formula is C22H15ClF2N4O3. The second-order valence-electron chi connectivity index (χ2n) is 7.10. The average molecular weight is 457 g/mol. The van der Waals surface area contributed by atoms with E-state index in [0.717, 1.165) is 17.7 Å². The lowest BCUT2D eigenvalue weighted by Gasteiger charge is -2.16. The molecule has 162 valence electrons. The Balaban J connectivity index is 1.37. The number of nitrogens with one attached hydrogen (secondary N) is 2. The molecule has 0 spiro atoms. The minimum absolute atomic E-state index is 0.0142. The van der Waals surface area contributed by atoms with E-state index in [4.69, 9.17) is 21.1 Å². The number of pyridine rings is 1. The molecule has 1 aliphatic heterocycles. The Kier molecular flexibility index (Phi) is 5.10. The van der Waals surface area contributed by atoms with Crippen LogP contribution in [0.25, 0.3) is 11.2 Å². The molecule has 0 atom stereocenters. The average Bonchev–Trinajstić information content (AvgIpc) is 3.14. The summed E-state index contributed by atoms with van der Waals surface area (Å²) >= 11 is 6.21. The SMILES string of the molecule is O=C1NCCc2cc(Oc3nc4nc(OCc5c(F)cccc5F)c(Cl)cc4[nH]3)ccc21. The molecule has 1 amide bonds. The van der Waals surface area contributed by atoms with E-state index in [1.807, 2.05) is 0 Å². The van der Waals surface area contributed by atoms with E-state index >= 15 is 0 Å². The van der Waals surface area contributed by atoms with Crippen LogP contribution >= 0.6 is 11.6 Å². The van der Waals surface area contributed by atoms with Crippen molar-refractivity contribution in [3.05, 3.63) is 75.8 Å². The van der Waals surface area contributed by atoms with Crippen LogP contribution in [0.2, 0.25) is 5.02 Å². The second-order valence-corrected chi connectivity index (χ2v) is 7.51. The van der Waals surface area contributed by atoms with E-state index in [2.05, 4.69) is 20.3 Å². The number of aromatic amines is 1. The van der Waals surface area contributed by atoms with Crippen LogP contribution in [0.3, 0.4) is 0 Å². The highest BCUT2D eigenvalue weighted by Gasteiger charge is 2.18. The molecule has 10 heteroatoms. The number of nitrogens with zero attached hydrogens (tertiary/aromatic N) is 2. The number of carbonyl (C=O) groups is 1. The Hall–Kier alpha value is -3.72. The van der Waals surface area contributed by atoms with Gasteiger partial charge in [0.05, 0.1) is 11.1 Å². The summed E-state index contributed by atoms with van der Waals surface area (Å²) in [6, 6.07) is 10.4. The Morgan fingerprint density at radius 1 is 1.09 bits per heavy atom. The fourth-order valence-electron chi connectivity index (χ4n) is 3.42. The molecule has 0 radical (unpaired) electrons. The number of carbonyl (C=O) groups excluding carboxylic acids is 1. The number of aromatic nitrogens is 3. The molecule has 0 aliphatic carbocycles. The van der Waals surface area contributed by atoms with Gasteiger partial charge in [0.2, 0.25) is 5.88 Å². The molecule has 5 rings (SSSR count). The van der Waals surface area contributed by atoms with Crippen molar-refractivity contribution in [2.24, 2.45) is 0 Å². The van der Waals surface area contributed by atoms with Crippen LogP contribution in [0.1, 0.15) is 21.5 Å². The van der Waals surface area contributed by atoms with Gasteiger partial charge in [-0.25, -0.2) is 8.78 Å². The minimum atomic E-state index is -0.722. The van der Waals surface area contributed by atoms with Crippen LogP contribution in [-0.4, -0.2) is 27.4 Å². The van der Waals surface area contributed by atoms with Crippen LogP contribution in [0.15, 0.2) is 42.5 Å². The molecule has 3 heterocycles. The van der Waals surface area contributed by atoms with Crippen LogP contribution in [0, 0.1) is 11.6 Å². The van der Waals surface area contributed by atoms with Crippen LogP contribution in [-0.2, 0) is 13.0 Å². The molecule has 32 heavy (non-hydrogen) atoms. The highest BCUT2D eigenvalue weighted by molar-refractivity contribution is 6.32. The zero-order chi connectivity index (χ0) is 22.2. The number of rotatable bonds is 5. The van der Waals surface area contributed by atoms with Gasteiger partial charge in [-0.05, 0) is 48.4 Å². The quantitative estimate of drug-likeness (QED) is 0.460. The third-order valence-corrected chi connectivity index (χ3v) is 5.27. The van der Waals surface area contributed by atoms with Gasteiger partial charge in [0.15, 0.2) is 5.65 Å². The van der Waals surface area contributed by atoms with Gasteiger partial charge < -0.3 is 19.8 Å². The zero-order valence-corrected chi connectivity index (χ0v) is 17.2. The summed E-state index contributed by atoms with van der Waals surface area (Å²) in [6.45, 7) is 0.190. The number of ether oxygens (including phenoxy) is 2. The monoisotopic (exact) mass is 456 g/mol. The lowest BCUT2D eigenvalue weighted by atomic mass is 10.0. The summed E-state index contributed by atoms with van der Waals surface area (Å²) in [5.74, 6) is -1.06. The standard InChI is InChI=1S/C22H15ClF2N4O3/c23-15-9-18-19(28-21(15)31-10-14-16(24)2-1-3-17(14)25)29-22(27-18)32-12-4-5-13-11(8-12)6-7-26-20(13)30/h1-5,8-9H,6-7,10H2,(H,26,30)(H,27,28,29). The van der Waals surface area contributed by atoms with Gasteiger partial charge in [-0.15, -0.1) is 0 Å². The van der Waals surface area contributed by atoms with E-state index in [-0.39, 0.29) is 40.6 Å². The summed E-state index contributed by atoms with van der Waals surface area (Å²) in [6.07, 6.45) is 0.707. The van der Waals surface area contributed by atoms with Crippen molar-refractivity contribution in [2.75, 3.05) is 6.54 Å². The minimum Gasteiger partial charge on any atom is -0.471 e. The van der Waals surface area contributed by atoms with Crippen LogP contribution in [0.5, 0.6) is 17.6 Å². The number of halogens is 3. The van der Waals surface area contributed by atoms with Gasteiger partial charge in [-0.3, -0.25) is 4.79 Å². The predicted octanol–water partition coefficient (Wildman–Crippen LogP) is 4.55. The fraction of sp³-hybridized carbons (Fsp3) is 0.136. The Morgan fingerprint density at radius 2 is 1.91 bits per heavy atom. The molecule has 4 aromatic rings. The summed E-state index contributed by atoms with van der Waals surface area (Å²) in [5, 5.41) is 2.93. The van der Waals surface area contributed by atoms with Crippen molar-refractivity contribution in [1.29, 1.82) is 0 Å². The number of fused-ring (bicyclic) bond motifs is 2. The zero-order valence-electron chi connectivity index (χ0n) is 16.4. The first-order valence-electron chi connectivity index (χ1n) is 9.69. The number of H-pyrrole nitrogens is 1. The Bertz CT molecular complexity index is 1340. The van der Waals surface area contributed by atoms with Crippen molar-refractivity contribution in [3.8, 4) is 17.6 Å². The molecule has 2 aromatic heterocycles. The van der Waals surface area contributed by atoms with E-state index in [1.165, 1.54) is 12.1 Å². The fourth-order valence-corrected chi connectivity index (χ4v) is 3.63. The third kappa shape index (κ3) is 3.82. The normalized spacial score (nSPS) is 13.0. The van der Waals surface area contributed by atoms with Gasteiger partial charge in [0.1, 0.15) is 29.0 Å². The van der Waals surface area contributed by atoms with Crippen molar-refractivity contribution in [1.82, 2.24) is 20.3 Å². The second kappa shape index (κ2) is 8.08. The molecule has 2 N–H and O–H groups in total. The first kappa shape index (κ1) is 20.2. The molecular weight excluding hydrogens is 442 g/mol. The first-order valence-corrected chi connectivity index (χ1v) is 10.1. The Morgan fingerprint density at radius 3 is 2.72 bits per heavy atom. The van der Waals surface area contributed by atoms with E-state index < -0.39 is 11.6 Å². The number of benzene rings is 2. The first-order chi connectivity index (χ1) is 15.5. The highest BCUT2D eigenvalue weighted by atomic mass is 35.5. The molecule has 7 nitrogen and oxygen atoms in total. The summed E-state index contributed by atoms with van der Waals surface area (Å²) in [7, 11) is 0. The molecule has 0 bridgehead atoms. The van der Waals surface area contributed by atoms with Crippen molar-refractivity contribution >= 4 is 28.7 Å². The molecule has 2 aromatic carbocycles. The summed E-state index contributed by atoms with van der Waals surface area (Å²) < 4.78 is 38.8. The molecule has 0 saturated carbocycles. The predicted molar refractivity (Wildman–Crippen MR) is 112 cm³/mol. The van der Waals surface area contributed by atoms with Crippen LogP contribution < -0.4 is 14.8 Å². The topological polar surface area (TPSA) is 89.1 Å². The maximum atomic E-state index is 13.8. The molecule has 1 aliphatic rings. The number of amides is 1. The largest absolute Gasteiger partial charge is 0.471 e. The summed E-state index contributed by atoms with van der Waals surface area (Å²) in [4.78, 5) is 23.3. The highest BCUT2D eigenvalue weighted by Crippen LogP contribution is 2.30. The van der Waals surface area contributed by atoms with Gasteiger partial charge in [-0.1, -0.05) is 17.7 Å². The van der Waals surface area contributed by atoms with E-state index in [0.29, 0.717) is 29.8 Å². The summed E-state index contributed by atoms with van der Waals surface area (Å²) in [5.41, 5.74) is 2.03. The third-order valence-electron chi connectivity index (χ3n) is 5.00. The van der Waals surface area contributed by atoms with Crippen molar-refractivity contribution in [3.63, 3.8) is 0 Å². The smallest absolute Gasteiger partial charge is 0.301 e. The van der Waals surface area contributed by atoms with Gasteiger partial charge in [0.25, 0.3) is 5.91 Å². The van der Waals surface area contributed by atoms with Gasteiger partial charge in [0, 0.05) is 12.1 Å². The Labute approximate surface area is 185 Å². The van der Waals surface area contributed by atoms with Gasteiger partial charge in [-0.2, -0.15) is 9.97 Å². The molecule has 0 saturated heterocycles. The number of hydrogen-bond donors (Lipinski definition) is 2. The maximum Gasteiger partial charge on any atom is 0.301 e.